The molecule has 0 aromatic heterocycles. The molecule has 1 unspecified atom stereocenters. The van der Waals surface area contributed by atoms with E-state index in [1.165, 1.54) is 0 Å². The fourth-order valence-corrected chi connectivity index (χ4v) is 1.55. The summed E-state index contributed by atoms with van der Waals surface area (Å²) in [5, 5.41) is 15.0. The van der Waals surface area contributed by atoms with Gasteiger partial charge in [-0.1, -0.05) is 18.2 Å². The third-order valence-electron chi connectivity index (χ3n) is 2.31. The van der Waals surface area contributed by atoms with Crippen LogP contribution in [0.1, 0.15) is 5.56 Å². The number of para-hydroxylation sites is 1. The van der Waals surface area contributed by atoms with E-state index in [0.29, 0.717) is 13.1 Å². The maximum atomic E-state index is 10.8. The van der Waals surface area contributed by atoms with Gasteiger partial charge in [-0.3, -0.25) is 0 Å². The SMILES string of the molecule is O=C(O)C1CNCc2ccccc2N1. The number of anilines is 1. The Bertz CT molecular complexity index is 352. The zero-order valence-electron chi connectivity index (χ0n) is 7.66. The second-order valence-corrected chi connectivity index (χ2v) is 3.32. The van der Waals surface area contributed by atoms with Gasteiger partial charge < -0.3 is 15.7 Å². The van der Waals surface area contributed by atoms with Crippen LogP contribution in [0.5, 0.6) is 0 Å². The Kier molecular flexibility index (Phi) is 2.37. The first-order valence-electron chi connectivity index (χ1n) is 4.55. The zero-order chi connectivity index (χ0) is 9.97. The van der Waals surface area contributed by atoms with Gasteiger partial charge in [0.25, 0.3) is 0 Å². The average Bonchev–Trinajstić information content (AvgIpc) is 2.39. The molecule has 0 aliphatic carbocycles. The average molecular weight is 192 g/mol. The van der Waals surface area contributed by atoms with E-state index < -0.39 is 12.0 Å². The minimum atomic E-state index is -0.825. The van der Waals surface area contributed by atoms with Gasteiger partial charge in [-0.25, -0.2) is 4.79 Å². The highest BCUT2D eigenvalue weighted by atomic mass is 16.4. The lowest BCUT2D eigenvalue weighted by Crippen LogP contribution is -2.36. The normalized spacial score (nSPS) is 20.4. The molecule has 1 aliphatic heterocycles. The van der Waals surface area contributed by atoms with Crippen LogP contribution in [0.25, 0.3) is 0 Å². The quantitative estimate of drug-likeness (QED) is 0.611. The van der Waals surface area contributed by atoms with E-state index in [1.54, 1.807) is 0 Å². The van der Waals surface area contributed by atoms with Gasteiger partial charge in [-0.05, 0) is 11.6 Å². The van der Waals surface area contributed by atoms with Gasteiger partial charge in [0.05, 0.1) is 0 Å². The number of nitrogens with one attached hydrogen (secondary N) is 2. The van der Waals surface area contributed by atoms with Gasteiger partial charge in [-0.2, -0.15) is 0 Å². The molecule has 1 aromatic carbocycles. The Morgan fingerprint density at radius 1 is 1.43 bits per heavy atom. The molecule has 2 rings (SSSR count). The van der Waals surface area contributed by atoms with Crippen molar-refractivity contribution in [1.82, 2.24) is 5.32 Å². The van der Waals surface area contributed by atoms with Crippen LogP contribution < -0.4 is 10.6 Å². The molecule has 3 N–H and O–H groups in total. The Morgan fingerprint density at radius 3 is 3.00 bits per heavy atom. The largest absolute Gasteiger partial charge is 0.480 e. The van der Waals surface area contributed by atoms with E-state index in [2.05, 4.69) is 10.6 Å². The fraction of sp³-hybridized carbons (Fsp3) is 0.300. The topological polar surface area (TPSA) is 61.4 Å². The summed E-state index contributed by atoms with van der Waals surface area (Å²) in [7, 11) is 0. The Hall–Kier alpha value is -1.55. The molecule has 1 heterocycles. The van der Waals surface area contributed by atoms with Crippen molar-refractivity contribution >= 4 is 11.7 Å². The zero-order valence-corrected chi connectivity index (χ0v) is 7.66. The van der Waals surface area contributed by atoms with E-state index in [1.807, 2.05) is 24.3 Å². The predicted molar refractivity (Wildman–Crippen MR) is 53.2 cm³/mol. The van der Waals surface area contributed by atoms with Crippen LogP contribution in [-0.2, 0) is 11.3 Å². The molecule has 0 bridgehead atoms. The van der Waals surface area contributed by atoms with Crippen LogP contribution in [0.4, 0.5) is 5.69 Å². The van der Waals surface area contributed by atoms with Gasteiger partial charge in [0, 0.05) is 18.8 Å². The molecule has 0 radical (unpaired) electrons. The number of hydrogen-bond donors (Lipinski definition) is 3. The predicted octanol–water partition coefficient (Wildman–Crippen LogP) is 0.655. The molecular weight excluding hydrogens is 180 g/mol. The number of benzene rings is 1. The van der Waals surface area contributed by atoms with Crippen LogP contribution >= 0.6 is 0 Å². The maximum absolute atomic E-state index is 10.8. The van der Waals surface area contributed by atoms with Crippen molar-refractivity contribution in [3.8, 4) is 0 Å². The van der Waals surface area contributed by atoms with Crippen molar-refractivity contribution in [3.63, 3.8) is 0 Å². The first kappa shape index (κ1) is 9.02. The summed E-state index contributed by atoms with van der Waals surface area (Å²) in [5.74, 6) is -0.825. The minimum absolute atomic E-state index is 0.448. The van der Waals surface area contributed by atoms with Gasteiger partial charge in [-0.15, -0.1) is 0 Å². The van der Waals surface area contributed by atoms with Gasteiger partial charge in [0.15, 0.2) is 0 Å². The molecule has 4 heteroatoms. The van der Waals surface area contributed by atoms with Crippen molar-refractivity contribution in [2.45, 2.75) is 12.6 Å². The Balaban J connectivity index is 2.26. The molecule has 0 saturated heterocycles. The molecule has 14 heavy (non-hydrogen) atoms. The van der Waals surface area contributed by atoms with Crippen molar-refractivity contribution in [3.05, 3.63) is 29.8 Å². The van der Waals surface area contributed by atoms with Gasteiger partial charge >= 0.3 is 5.97 Å². The number of carboxylic acid groups (broad SMARTS) is 1. The van der Waals surface area contributed by atoms with E-state index >= 15 is 0 Å². The first-order valence-corrected chi connectivity index (χ1v) is 4.55. The number of carboxylic acids is 1. The Morgan fingerprint density at radius 2 is 2.21 bits per heavy atom. The lowest BCUT2D eigenvalue weighted by Gasteiger charge is -2.12. The fourth-order valence-electron chi connectivity index (χ4n) is 1.55. The molecule has 4 nitrogen and oxygen atoms in total. The summed E-state index contributed by atoms with van der Waals surface area (Å²) >= 11 is 0. The standard InChI is InChI=1S/C10H12N2O2/c13-10(14)9-6-11-5-7-3-1-2-4-8(7)12-9/h1-4,9,11-12H,5-6H2,(H,13,14). The monoisotopic (exact) mass is 192 g/mol. The van der Waals surface area contributed by atoms with Crippen LogP contribution in [0.2, 0.25) is 0 Å². The van der Waals surface area contributed by atoms with Crippen molar-refractivity contribution < 1.29 is 9.90 Å². The summed E-state index contributed by atoms with van der Waals surface area (Å²) in [6.07, 6.45) is 0. The first-order chi connectivity index (χ1) is 6.77. The summed E-state index contributed by atoms with van der Waals surface area (Å²) in [5.41, 5.74) is 2.01. The van der Waals surface area contributed by atoms with Crippen molar-refractivity contribution in [2.75, 3.05) is 11.9 Å². The van der Waals surface area contributed by atoms with Crippen molar-refractivity contribution in [2.24, 2.45) is 0 Å². The van der Waals surface area contributed by atoms with E-state index in [9.17, 15) is 4.79 Å². The van der Waals surface area contributed by atoms with Gasteiger partial charge in [0.2, 0.25) is 0 Å². The summed E-state index contributed by atoms with van der Waals surface area (Å²) in [4.78, 5) is 10.8. The second-order valence-electron chi connectivity index (χ2n) is 3.32. The van der Waals surface area contributed by atoms with Gasteiger partial charge in [0.1, 0.15) is 6.04 Å². The van der Waals surface area contributed by atoms with Crippen molar-refractivity contribution in [1.29, 1.82) is 0 Å². The number of rotatable bonds is 1. The Labute approximate surface area is 81.9 Å². The molecular formula is C10H12N2O2. The van der Waals surface area contributed by atoms with Crippen LogP contribution in [0.15, 0.2) is 24.3 Å². The minimum Gasteiger partial charge on any atom is -0.480 e. The highest BCUT2D eigenvalue weighted by Crippen LogP contribution is 2.17. The lowest BCUT2D eigenvalue weighted by atomic mass is 10.2. The number of aliphatic carboxylic acids is 1. The molecule has 0 amide bonds. The third-order valence-corrected chi connectivity index (χ3v) is 2.31. The molecule has 0 fully saturated rings. The highest BCUT2D eigenvalue weighted by Gasteiger charge is 2.20. The van der Waals surface area contributed by atoms with Crippen LogP contribution in [-0.4, -0.2) is 23.7 Å². The molecule has 1 aromatic rings. The molecule has 0 spiro atoms. The summed E-state index contributed by atoms with van der Waals surface area (Å²) < 4.78 is 0. The summed E-state index contributed by atoms with van der Waals surface area (Å²) in [6, 6.07) is 7.19. The third kappa shape index (κ3) is 1.70. The van der Waals surface area contributed by atoms with E-state index in [-0.39, 0.29) is 0 Å². The van der Waals surface area contributed by atoms with E-state index in [0.717, 1.165) is 11.3 Å². The number of fused-ring (bicyclic) bond motifs is 1. The highest BCUT2D eigenvalue weighted by molar-refractivity contribution is 5.78. The second kappa shape index (κ2) is 3.67. The summed E-state index contributed by atoms with van der Waals surface area (Å²) in [6.45, 7) is 1.16. The number of hydrogen-bond acceptors (Lipinski definition) is 3. The smallest absolute Gasteiger partial charge is 0.327 e. The lowest BCUT2D eigenvalue weighted by molar-refractivity contribution is -0.137. The van der Waals surface area contributed by atoms with Crippen LogP contribution in [0, 0.1) is 0 Å². The molecule has 1 aliphatic rings. The molecule has 0 saturated carbocycles. The van der Waals surface area contributed by atoms with E-state index in [4.69, 9.17) is 5.11 Å². The maximum Gasteiger partial charge on any atom is 0.327 e. The molecule has 1 atom stereocenters. The molecule has 74 valence electrons. The number of carbonyl (C=O) groups is 1. The van der Waals surface area contributed by atoms with Crippen LogP contribution in [0.3, 0.4) is 0 Å².